The minimum absolute atomic E-state index is 0.200. The minimum Gasteiger partial charge on any atom is -0.489 e. The van der Waals surface area contributed by atoms with Crippen molar-refractivity contribution in [2.75, 3.05) is 13.2 Å². The third-order valence-corrected chi connectivity index (χ3v) is 7.06. The van der Waals surface area contributed by atoms with E-state index in [0.717, 1.165) is 46.2 Å². The quantitative estimate of drug-likeness (QED) is 0.302. The second kappa shape index (κ2) is 11.6. The first-order valence-electron chi connectivity index (χ1n) is 12.1. The van der Waals surface area contributed by atoms with Gasteiger partial charge in [-0.25, -0.2) is 9.78 Å². The van der Waals surface area contributed by atoms with Gasteiger partial charge >= 0.3 is 5.97 Å². The molecule has 0 radical (unpaired) electrons. The predicted molar refractivity (Wildman–Crippen MR) is 140 cm³/mol. The van der Waals surface area contributed by atoms with Crippen molar-refractivity contribution < 1.29 is 19.4 Å². The second-order valence-electron chi connectivity index (χ2n) is 8.13. The van der Waals surface area contributed by atoms with Gasteiger partial charge in [0, 0.05) is 32.6 Å². The lowest BCUT2D eigenvalue weighted by Crippen LogP contribution is -2.18. The van der Waals surface area contributed by atoms with Crippen LogP contribution in [0.5, 0.6) is 5.75 Å². The van der Waals surface area contributed by atoms with Gasteiger partial charge in [-0.1, -0.05) is 38.6 Å². The van der Waals surface area contributed by atoms with Crippen LogP contribution in [-0.2, 0) is 22.4 Å². The zero-order chi connectivity index (χ0) is 24.8. The van der Waals surface area contributed by atoms with E-state index in [0.29, 0.717) is 23.6 Å². The monoisotopic (exact) mass is 481 g/mol. The zero-order valence-electron chi connectivity index (χ0n) is 20.9. The Kier molecular flexibility index (Phi) is 8.86. The van der Waals surface area contributed by atoms with Crippen LogP contribution in [0.2, 0.25) is 0 Å². The summed E-state index contributed by atoms with van der Waals surface area (Å²) in [5, 5.41) is 12.1. The van der Waals surface area contributed by atoms with Crippen LogP contribution in [0.3, 0.4) is 0 Å². The summed E-state index contributed by atoms with van der Waals surface area (Å²) in [5.41, 5.74) is 5.14. The molecule has 1 aromatic carbocycles. The van der Waals surface area contributed by atoms with Crippen LogP contribution in [0, 0.1) is 13.8 Å². The van der Waals surface area contributed by atoms with Gasteiger partial charge in [0.25, 0.3) is 0 Å². The van der Waals surface area contributed by atoms with Crippen molar-refractivity contribution in [1.82, 2.24) is 4.98 Å². The van der Waals surface area contributed by atoms with Gasteiger partial charge < -0.3 is 14.6 Å². The number of carbonyl (C=O) groups is 1. The topological polar surface area (TPSA) is 68.7 Å². The fourth-order valence-corrected chi connectivity index (χ4v) is 5.79. The van der Waals surface area contributed by atoms with Gasteiger partial charge in [0.05, 0.1) is 6.61 Å². The number of aliphatic hydroxyl groups excluding tert-OH is 1. The number of carbonyl (C=O) groups excluding carboxylic acids is 1. The summed E-state index contributed by atoms with van der Waals surface area (Å²) in [6, 6.07) is 6.02. The first kappa shape index (κ1) is 25.9. The molecule has 2 aromatic heterocycles. The van der Waals surface area contributed by atoms with E-state index in [-0.39, 0.29) is 6.61 Å². The van der Waals surface area contributed by atoms with E-state index in [4.69, 9.17) is 14.5 Å². The Morgan fingerprint density at radius 3 is 2.71 bits per heavy atom. The third-order valence-electron chi connectivity index (χ3n) is 5.88. The highest BCUT2D eigenvalue weighted by Crippen LogP contribution is 2.47. The normalized spacial score (nSPS) is 13.5. The van der Waals surface area contributed by atoms with E-state index >= 15 is 0 Å². The lowest BCUT2D eigenvalue weighted by molar-refractivity contribution is -0.153. The van der Waals surface area contributed by atoms with Crippen molar-refractivity contribution in [3.8, 4) is 16.9 Å². The Morgan fingerprint density at radius 2 is 2.00 bits per heavy atom. The molecule has 0 aliphatic heterocycles. The fraction of sp³-hybridized carbons (Fsp3) is 0.429. The van der Waals surface area contributed by atoms with Crippen molar-refractivity contribution in [2.45, 2.75) is 66.4 Å². The molecule has 0 bridgehead atoms. The van der Waals surface area contributed by atoms with Crippen LogP contribution >= 0.6 is 11.3 Å². The maximum Gasteiger partial charge on any atom is 0.339 e. The van der Waals surface area contributed by atoms with E-state index in [9.17, 15) is 9.90 Å². The van der Waals surface area contributed by atoms with Gasteiger partial charge in [-0.2, -0.15) is 0 Å². The fourth-order valence-electron chi connectivity index (χ4n) is 4.47. The molecule has 6 heteroatoms. The number of benzene rings is 1. The van der Waals surface area contributed by atoms with E-state index < -0.39 is 12.1 Å². The van der Waals surface area contributed by atoms with Gasteiger partial charge in [-0.3, -0.25) is 0 Å². The number of hydrogen-bond donors (Lipinski definition) is 1. The molecule has 5 nitrogen and oxygen atoms in total. The molecule has 1 N–H and O–H groups in total. The van der Waals surface area contributed by atoms with Gasteiger partial charge in [-0.15, -0.1) is 11.3 Å². The number of aryl methyl sites for hydroxylation is 4. The summed E-state index contributed by atoms with van der Waals surface area (Å²) in [4.78, 5) is 19.7. The maximum atomic E-state index is 12.6. The number of pyridine rings is 1. The number of aromatic nitrogens is 1. The zero-order valence-corrected chi connectivity index (χ0v) is 21.7. The van der Waals surface area contributed by atoms with Crippen LogP contribution in [-0.4, -0.2) is 29.3 Å². The highest BCUT2D eigenvalue weighted by atomic mass is 32.1. The van der Waals surface area contributed by atoms with E-state index in [1.807, 2.05) is 45.9 Å². The number of esters is 1. The predicted octanol–water partition coefficient (Wildman–Crippen LogP) is 6.65. The lowest BCUT2D eigenvalue weighted by atomic mass is 9.87. The lowest BCUT2D eigenvalue weighted by Gasteiger charge is -2.21. The van der Waals surface area contributed by atoms with Crippen molar-refractivity contribution >= 4 is 27.5 Å². The van der Waals surface area contributed by atoms with Crippen LogP contribution < -0.4 is 4.74 Å². The van der Waals surface area contributed by atoms with E-state index in [2.05, 4.69) is 6.58 Å². The Morgan fingerprint density at radius 1 is 1.26 bits per heavy atom. The van der Waals surface area contributed by atoms with Crippen LogP contribution in [0.4, 0.5) is 0 Å². The van der Waals surface area contributed by atoms with Crippen LogP contribution in [0.15, 0.2) is 30.9 Å². The molecule has 34 heavy (non-hydrogen) atoms. The number of aliphatic hydroxyl groups is 1. The SMILES string of the molecule is C=CCOc1cc(C)ccc1-c1c(C(O)C(=O)OCC)c(C)nc2sc3c(c12)CCCC3.CC. The molecular formula is C28H35NO4S. The maximum absolute atomic E-state index is 12.6. The number of fused-ring (bicyclic) bond motifs is 3. The molecule has 182 valence electrons. The molecule has 1 aliphatic rings. The molecular weight excluding hydrogens is 446 g/mol. The molecule has 1 unspecified atom stereocenters. The van der Waals surface area contributed by atoms with Crippen LogP contribution in [0.25, 0.3) is 21.3 Å². The van der Waals surface area contributed by atoms with Gasteiger partial charge in [-0.05, 0) is 63.6 Å². The second-order valence-corrected chi connectivity index (χ2v) is 9.21. The molecule has 4 rings (SSSR count). The molecule has 1 atom stereocenters. The Balaban J connectivity index is 0.00000158. The summed E-state index contributed by atoms with van der Waals surface area (Å²) in [7, 11) is 0. The molecule has 0 fully saturated rings. The van der Waals surface area contributed by atoms with Gasteiger partial charge in [0.15, 0.2) is 6.10 Å². The molecule has 2 heterocycles. The van der Waals surface area contributed by atoms with Gasteiger partial charge in [0.1, 0.15) is 17.2 Å². The summed E-state index contributed by atoms with van der Waals surface area (Å²) in [6.45, 7) is 13.9. The molecule has 0 spiro atoms. The Labute approximate surface area is 206 Å². The summed E-state index contributed by atoms with van der Waals surface area (Å²) in [6.07, 6.45) is 4.59. The first-order valence-corrected chi connectivity index (χ1v) is 12.9. The van der Waals surface area contributed by atoms with E-state index in [1.54, 1.807) is 24.3 Å². The number of rotatable bonds is 7. The van der Waals surface area contributed by atoms with Crippen molar-refractivity contribution in [2.24, 2.45) is 0 Å². The number of nitrogens with zero attached hydrogens (tertiary/aromatic N) is 1. The largest absolute Gasteiger partial charge is 0.489 e. The summed E-state index contributed by atoms with van der Waals surface area (Å²) < 4.78 is 11.2. The Bertz CT molecular complexity index is 1180. The number of hydrogen-bond acceptors (Lipinski definition) is 6. The molecule has 0 saturated carbocycles. The smallest absolute Gasteiger partial charge is 0.339 e. The van der Waals surface area contributed by atoms with Crippen molar-refractivity contribution in [3.05, 3.63) is 58.1 Å². The standard InChI is InChI=1S/C26H29NO4S.C2H6/c1-5-13-31-19-14-15(3)11-12-17(19)22-21(24(28)26(29)30-6-2)16(4)27-25-23(22)18-9-7-8-10-20(18)32-25;1-2/h5,11-12,14,24,28H,1,6-10,13H2,2-4H3;1-2H3. The minimum atomic E-state index is -1.42. The van der Waals surface area contributed by atoms with E-state index in [1.165, 1.54) is 16.9 Å². The van der Waals surface area contributed by atoms with Crippen molar-refractivity contribution in [3.63, 3.8) is 0 Å². The molecule has 1 aliphatic carbocycles. The third kappa shape index (κ3) is 5.03. The molecule has 0 saturated heterocycles. The Hall–Kier alpha value is -2.70. The number of ether oxygens (including phenoxy) is 2. The average Bonchev–Trinajstić information content (AvgIpc) is 3.21. The summed E-state index contributed by atoms with van der Waals surface area (Å²) >= 11 is 1.72. The first-order chi connectivity index (χ1) is 16.5. The summed E-state index contributed by atoms with van der Waals surface area (Å²) in [5.74, 6) is 0.0348. The highest BCUT2D eigenvalue weighted by Gasteiger charge is 2.31. The van der Waals surface area contributed by atoms with Crippen molar-refractivity contribution in [1.29, 1.82) is 0 Å². The average molecular weight is 482 g/mol. The molecule has 0 amide bonds. The highest BCUT2D eigenvalue weighted by molar-refractivity contribution is 7.19. The molecule has 3 aromatic rings. The van der Waals surface area contributed by atoms with Gasteiger partial charge in [0.2, 0.25) is 0 Å². The van der Waals surface area contributed by atoms with Crippen LogP contribution in [0.1, 0.15) is 67.0 Å². The number of thiophene rings is 1.